The number of aromatic amines is 1. The highest BCUT2D eigenvalue weighted by molar-refractivity contribution is 7.89. The van der Waals surface area contributed by atoms with Crippen molar-refractivity contribution in [2.45, 2.75) is 69.4 Å². The topological polar surface area (TPSA) is 179 Å². The Labute approximate surface area is 330 Å². The molecular weight excluding hydrogens is 762 g/mol. The summed E-state index contributed by atoms with van der Waals surface area (Å²) in [6.45, 7) is 5.72. The van der Waals surface area contributed by atoms with Crippen LogP contribution in [0.25, 0.3) is 10.9 Å². The van der Waals surface area contributed by atoms with E-state index in [1.165, 1.54) is 49.3 Å². The average molecular weight is 808 g/mol. The van der Waals surface area contributed by atoms with E-state index in [1.54, 1.807) is 27.0 Å². The smallest absolute Gasteiger partial charge is 0.407 e. The van der Waals surface area contributed by atoms with E-state index in [0.29, 0.717) is 29.3 Å². The van der Waals surface area contributed by atoms with Crippen molar-refractivity contribution < 1.29 is 42.2 Å². The fourth-order valence-electron chi connectivity index (χ4n) is 7.26. The molecule has 1 aliphatic carbocycles. The van der Waals surface area contributed by atoms with E-state index < -0.39 is 50.5 Å². The standard InChI is InChI=1S/C40H46ClN5O9S/c1-40(2,3)55-38(50)43-21-24-9-8-10-25(17-24)23-45-37(49)33(18-26-22-42-32-12-7-6-11-29(26)32)46(39(45)51)56(52,53)28-14-16-35(30(20-28)36(48)44(4)5)54-27-13-15-34(47)31(41)19-27/h6-7,11-16,19-20,22,24-25,33,42,47H,8-10,17-18,21,23H2,1-5H3,(H,43,50)/t24-,25?,33+/m1/s1. The number of nitrogens with zero attached hydrogens (tertiary/aromatic N) is 3. The lowest BCUT2D eigenvalue weighted by Gasteiger charge is -2.31. The van der Waals surface area contributed by atoms with Crippen LogP contribution >= 0.6 is 11.6 Å². The summed E-state index contributed by atoms with van der Waals surface area (Å²) in [4.78, 5) is 59.5. The number of hydrogen-bond acceptors (Lipinski definition) is 9. The Kier molecular flexibility index (Phi) is 11.6. The highest BCUT2D eigenvalue weighted by Crippen LogP contribution is 2.37. The zero-order valence-electron chi connectivity index (χ0n) is 31.9. The number of H-pyrrole nitrogens is 1. The largest absolute Gasteiger partial charge is 0.506 e. The molecule has 0 bridgehead atoms. The van der Waals surface area contributed by atoms with Crippen molar-refractivity contribution in [1.29, 1.82) is 0 Å². The predicted molar refractivity (Wildman–Crippen MR) is 209 cm³/mol. The van der Waals surface area contributed by atoms with Crippen molar-refractivity contribution in [2.24, 2.45) is 11.8 Å². The maximum absolute atomic E-state index is 14.7. The summed E-state index contributed by atoms with van der Waals surface area (Å²) in [5.74, 6) is -1.30. The monoisotopic (exact) mass is 807 g/mol. The number of rotatable bonds is 11. The Morgan fingerprint density at radius 3 is 2.48 bits per heavy atom. The van der Waals surface area contributed by atoms with Crippen molar-refractivity contribution in [2.75, 3.05) is 27.2 Å². The number of amides is 5. The van der Waals surface area contributed by atoms with Gasteiger partial charge in [0.25, 0.3) is 21.8 Å². The average Bonchev–Trinajstić information content (AvgIpc) is 3.65. The molecule has 1 saturated carbocycles. The molecule has 14 nitrogen and oxygen atoms in total. The molecule has 1 saturated heterocycles. The molecule has 1 unspecified atom stereocenters. The number of para-hydroxylation sites is 1. The first-order valence-electron chi connectivity index (χ1n) is 18.4. The quantitative estimate of drug-likeness (QED) is 0.136. The van der Waals surface area contributed by atoms with Gasteiger partial charge in [0.2, 0.25) is 0 Å². The fraction of sp³-hybridized carbons (Fsp3) is 0.400. The molecule has 2 fully saturated rings. The van der Waals surface area contributed by atoms with E-state index in [1.807, 2.05) is 24.3 Å². The number of alkyl carbamates (subject to hydrolysis) is 1. The summed E-state index contributed by atoms with van der Waals surface area (Å²) in [7, 11) is -1.77. The minimum absolute atomic E-state index is 0.00166. The van der Waals surface area contributed by atoms with Crippen LogP contribution in [-0.4, -0.2) is 95.4 Å². The normalized spacial score (nSPS) is 19.0. The van der Waals surface area contributed by atoms with Crippen LogP contribution in [0, 0.1) is 11.8 Å². The van der Waals surface area contributed by atoms with Crippen LogP contribution < -0.4 is 10.1 Å². The second-order valence-corrected chi connectivity index (χ2v) is 17.7. The number of sulfonamides is 1. The van der Waals surface area contributed by atoms with Gasteiger partial charge in [0, 0.05) is 56.8 Å². The summed E-state index contributed by atoms with van der Waals surface area (Å²) in [6, 6.07) is 12.7. The van der Waals surface area contributed by atoms with Gasteiger partial charge in [0.1, 0.15) is 28.9 Å². The second-order valence-electron chi connectivity index (χ2n) is 15.5. The number of phenolic OH excluding ortho intramolecular Hbond substituents is 1. The van der Waals surface area contributed by atoms with Gasteiger partial charge in [-0.15, -0.1) is 0 Å². The lowest BCUT2D eigenvalue weighted by atomic mass is 9.81. The summed E-state index contributed by atoms with van der Waals surface area (Å²) in [6.07, 6.45) is 4.05. The van der Waals surface area contributed by atoms with Crippen LogP contribution in [0.3, 0.4) is 0 Å². The minimum atomic E-state index is -4.76. The van der Waals surface area contributed by atoms with E-state index in [9.17, 15) is 32.7 Å². The number of carbonyl (C=O) groups is 4. The first kappa shape index (κ1) is 40.4. The molecular formula is C40H46ClN5O9S. The summed E-state index contributed by atoms with van der Waals surface area (Å²) >= 11 is 6.06. The van der Waals surface area contributed by atoms with Crippen LogP contribution in [-0.2, 0) is 26.0 Å². The van der Waals surface area contributed by atoms with Gasteiger partial charge in [-0.2, -0.15) is 0 Å². The lowest BCUT2D eigenvalue weighted by Crippen LogP contribution is -2.42. The van der Waals surface area contributed by atoms with Gasteiger partial charge in [-0.3, -0.25) is 14.5 Å². The summed E-state index contributed by atoms with van der Waals surface area (Å²) in [5.41, 5.74) is 0.666. The van der Waals surface area contributed by atoms with Gasteiger partial charge in [0.15, 0.2) is 0 Å². The van der Waals surface area contributed by atoms with Gasteiger partial charge in [0.05, 0.1) is 15.5 Å². The summed E-state index contributed by atoms with van der Waals surface area (Å²) in [5, 5.41) is 13.5. The molecule has 2 aliphatic rings. The Morgan fingerprint density at radius 1 is 1.04 bits per heavy atom. The Morgan fingerprint density at radius 2 is 1.77 bits per heavy atom. The number of benzene rings is 3. The van der Waals surface area contributed by atoms with E-state index in [0.717, 1.165) is 34.7 Å². The van der Waals surface area contributed by atoms with Crippen LogP contribution in [0.1, 0.15) is 62.4 Å². The van der Waals surface area contributed by atoms with Gasteiger partial charge in [-0.05, 0) is 93.8 Å². The van der Waals surface area contributed by atoms with Crippen molar-refractivity contribution in [3.05, 3.63) is 83.0 Å². The molecule has 6 rings (SSSR count). The molecule has 3 aromatic carbocycles. The summed E-state index contributed by atoms with van der Waals surface area (Å²) < 4.78 is 41.3. The van der Waals surface area contributed by atoms with E-state index >= 15 is 0 Å². The first-order chi connectivity index (χ1) is 26.4. The third kappa shape index (κ3) is 8.73. The number of aromatic hydroxyl groups is 1. The van der Waals surface area contributed by atoms with Gasteiger partial charge in [-0.1, -0.05) is 36.2 Å². The third-order valence-corrected chi connectivity index (χ3v) is 12.0. The number of phenols is 1. The molecule has 0 radical (unpaired) electrons. The lowest BCUT2D eigenvalue weighted by molar-refractivity contribution is -0.128. The van der Waals surface area contributed by atoms with Crippen LogP contribution in [0.4, 0.5) is 9.59 Å². The van der Waals surface area contributed by atoms with Crippen LogP contribution in [0.15, 0.2) is 71.8 Å². The number of halogens is 1. The van der Waals surface area contributed by atoms with Crippen LogP contribution in [0.2, 0.25) is 5.02 Å². The molecule has 1 aromatic heterocycles. The van der Waals surface area contributed by atoms with Gasteiger partial charge < -0.3 is 29.8 Å². The van der Waals surface area contributed by atoms with Gasteiger partial charge >= 0.3 is 12.1 Å². The SMILES string of the molecule is CN(C)C(=O)c1cc(S(=O)(=O)N2C(=O)N(CC3CCC[C@@H](CNC(=O)OC(C)(C)C)C3)C(=O)[C@@H]2Cc2c[nH]c3ccccc23)ccc1Oc1ccc(O)c(Cl)c1. The number of fused-ring (bicyclic) bond motifs is 1. The van der Waals surface area contributed by atoms with Crippen molar-refractivity contribution in [1.82, 2.24) is 24.4 Å². The molecule has 298 valence electrons. The maximum Gasteiger partial charge on any atom is 0.407 e. The number of imide groups is 1. The number of aromatic nitrogens is 1. The Balaban J connectivity index is 1.31. The van der Waals surface area contributed by atoms with Crippen molar-refractivity contribution >= 4 is 56.5 Å². The van der Waals surface area contributed by atoms with Crippen LogP contribution in [0.5, 0.6) is 17.2 Å². The van der Waals surface area contributed by atoms with E-state index in [2.05, 4.69) is 10.3 Å². The van der Waals surface area contributed by atoms with E-state index in [-0.39, 0.29) is 52.6 Å². The maximum atomic E-state index is 14.7. The number of nitrogens with one attached hydrogen (secondary N) is 2. The van der Waals surface area contributed by atoms with Gasteiger partial charge in [-0.25, -0.2) is 22.3 Å². The molecule has 5 amide bonds. The highest BCUT2D eigenvalue weighted by Gasteiger charge is 2.52. The molecule has 3 atom stereocenters. The number of carbonyl (C=O) groups excluding carboxylic acids is 4. The predicted octanol–water partition coefficient (Wildman–Crippen LogP) is 6.92. The Hall–Kier alpha value is -5.28. The molecule has 3 N–H and O–H groups in total. The number of hydrogen-bond donors (Lipinski definition) is 3. The molecule has 16 heteroatoms. The van der Waals surface area contributed by atoms with Crippen molar-refractivity contribution in [3.8, 4) is 17.2 Å². The molecule has 2 heterocycles. The molecule has 56 heavy (non-hydrogen) atoms. The molecule has 4 aromatic rings. The minimum Gasteiger partial charge on any atom is -0.506 e. The zero-order valence-corrected chi connectivity index (χ0v) is 33.4. The molecule has 0 spiro atoms. The first-order valence-corrected chi connectivity index (χ1v) is 20.2. The second kappa shape index (κ2) is 16.1. The Bertz CT molecular complexity index is 2270. The number of ether oxygens (including phenoxy) is 2. The fourth-order valence-corrected chi connectivity index (χ4v) is 8.96. The number of urea groups is 1. The zero-order chi connectivity index (χ0) is 40.5. The van der Waals surface area contributed by atoms with Crippen molar-refractivity contribution in [3.63, 3.8) is 0 Å². The third-order valence-electron chi connectivity index (χ3n) is 9.90. The molecule has 1 aliphatic heterocycles. The van der Waals surface area contributed by atoms with E-state index in [4.69, 9.17) is 21.1 Å². The highest BCUT2D eigenvalue weighted by atomic mass is 35.5.